The first kappa shape index (κ1) is 14.4. The van der Waals surface area contributed by atoms with E-state index in [-0.39, 0.29) is 0 Å². The molecule has 0 radical (unpaired) electrons. The van der Waals surface area contributed by atoms with Crippen LogP contribution in [0.2, 0.25) is 0 Å². The molecule has 0 aromatic rings. The van der Waals surface area contributed by atoms with Gasteiger partial charge in [-0.1, -0.05) is 0 Å². The maximum atomic E-state index is 11.8. The van der Waals surface area contributed by atoms with Gasteiger partial charge >= 0.3 is 0 Å². The number of unbranched alkanes of at least 4 members (excludes halogenated alkanes) is 1. The van der Waals surface area contributed by atoms with Crippen molar-refractivity contribution in [2.45, 2.75) is 12.8 Å². The summed E-state index contributed by atoms with van der Waals surface area (Å²) in [6.07, 6.45) is 1.42. The van der Waals surface area contributed by atoms with Crippen molar-refractivity contribution in [3.8, 4) is 6.07 Å². The quantitative estimate of drug-likeness (QED) is 0.637. The van der Waals surface area contributed by atoms with E-state index < -0.39 is 10.2 Å². The average Bonchev–Trinajstić information content (AvgIpc) is 2.30. The Morgan fingerprint density at radius 3 is 2.29 bits per heavy atom. The number of hydrogen-bond donors (Lipinski definition) is 0. The van der Waals surface area contributed by atoms with Crippen LogP contribution in [0.15, 0.2) is 0 Å². The molecule has 1 rings (SSSR count). The van der Waals surface area contributed by atoms with Gasteiger partial charge in [-0.25, -0.2) is 0 Å². The van der Waals surface area contributed by atoms with E-state index in [1.54, 1.807) is 14.1 Å². The zero-order valence-electron chi connectivity index (χ0n) is 10.5. The molecule has 0 atom stereocenters. The summed E-state index contributed by atoms with van der Waals surface area (Å²) in [6, 6.07) is 2.12. The van der Waals surface area contributed by atoms with Crippen LogP contribution in [0.1, 0.15) is 12.8 Å². The fourth-order valence-corrected chi connectivity index (χ4v) is 2.88. The van der Waals surface area contributed by atoms with Crippen LogP contribution in [0.3, 0.4) is 0 Å². The monoisotopic (exact) mass is 260 g/mol. The Kier molecular flexibility index (Phi) is 5.33. The normalized spacial score (nSPS) is 19.4. The van der Waals surface area contributed by atoms with E-state index in [1.807, 2.05) is 0 Å². The third-order valence-electron chi connectivity index (χ3n) is 2.88. The molecule has 0 saturated carbocycles. The van der Waals surface area contributed by atoms with Crippen molar-refractivity contribution < 1.29 is 8.42 Å². The molecule has 0 aromatic carbocycles. The van der Waals surface area contributed by atoms with Crippen molar-refractivity contribution in [2.24, 2.45) is 0 Å². The third-order valence-corrected chi connectivity index (χ3v) is 4.82. The van der Waals surface area contributed by atoms with Crippen molar-refractivity contribution in [3.63, 3.8) is 0 Å². The highest BCUT2D eigenvalue weighted by Crippen LogP contribution is 2.09. The van der Waals surface area contributed by atoms with Gasteiger partial charge in [-0.2, -0.15) is 22.3 Å². The van der Waals surface area contributed by atoms with E-state index in [0.29, 0.717) is 19.5 Å². The minimum absolute atomic E-state index is 0.535. The summed E-state index contributed by atoms with van der Waals surface area (Å²) in [5, 5.41) is 8.44. The molecular formula is C10H20N4O2S. The first-order chi connectivity index (χ1) is 7.98. The lowest BCUT2D eigenvalue weighted by atomic mass is 10.3. The standard InChI is InChI=1S/C10H20N4O2S/c1-12(2)17(15,16)14-9-7-13(8-10-14)6-4-3-5-11/h3-4,6-10H2,1-2H3. The van der Waals surface area contributed by atoms with Crippen LogP contribution in [0.5, 0.6) is 0 Å². The molecule has 1 aliphatic rings. The molecule has 0 amide bonds. The summed E-state index contributed by atoms with van der Waals surface area (Å²) in [7, 11) is -0.160. The van der Waals surface area contributed by atoms with Gasteiger partial charge in [0.25, 0.3) is 10.2 Å². The lowest BCUT2D eigenvalue weighted by Gasteiger charge is -2.34. The first-order valence-electron chi connectivity index (χ1n) is 5.75. The minimum Gasteiger partial charge on any atom is -0.301 e. The average molecular weight is 260 g/mol. The van der Waals surface area contributed by atoms with E-state index in [9.17, 15) is 8.42 Å². The van der Waals surface area contributed by atoms with Crippen LogP contribution >= 0.6 is 0 Å². The highest BCUT2D eigenvalue weighted by Gasteiger charge is 2.28. The van der Waals surface area contributed by atoms with Gasteiger partial charge < -0.3 is 4.90 Å². The Hall–Kier alpha value is -0.680. The molecule has 6 nitrogen and oxygen atoms in total. The van der Waals surface area contributed by atoms with Crippen molar-refractivity contribution in [3.05, 3.63) is 0 Å². The van der Waals surface area contributed by atoms with Crippen LogP contribution in [0.25, 0.3) is 0 Å². The van der Waals surface area contributed by atoms with Crippen molar-refractivity contribution in [1.29, 1.82) is 5.26 Å². The Morgan fingerprint density at radius 2 is 1.82 bits per heavy atom. The smallest absolute Gasteiger partial charge is 0.281 e. The van der Waals surface area contributed by atoms with E-state index in [2.05, 4.69) is 11.0 Å². The van der Waals surface area contributed by atoms with E-state index in [4.69, 9.17) is 5.26 Å². The second kappa shape index (κ2) is 6.31. The van der Waals surface area contributed by atoms with Crippen molar-refractivity contribution in [1.82, 2.24) is 13.5 Å². The zero-order valence-corrected chi connectivity index (χ0v) is 11.3. The van der Waals surface area contributed by atoms with Gasteiger partial charge in [-0.15, -0.1) is 0 Å². The molecular weight excluding hydrogens is 240 g/mol. The first-order valence-corrected chi connectivity index (χ1v) is 7.15. The molecule has 7 heteroatoms. The Morgan fingerprint density at radius 1 is 1.24 bits per heavy atom. The van der Waals surface area contributed by atoms with Crippen LogP contribution < -0.4 is 0 Å². The Bertz CT molecular complexity index is 366. The van der Waals surface area contributed by atoms with E-state index in [1.165, 1.54) is 8.61 Å². The topological polar surface area (TPSA) is 67.7 Å². The highest BCUT2D eigenvalue weighted by atomic mass is 32.2. The molecule has 17 heavy (non-hydrogen) atoms. The van der Waals surface area contributed by atoms with E-state index >= 15 is 0 Å². The van der Waals surface area contributed by atoms with Crippen molar-refractivity contribution in [2.75, 3.05) is 46.8 Å². The number of rotatable bonds is 5. The van der Waals surface area contributed by atoms with Gasteiger partial charge in [-0.3, -0.25) is 0 Å². The van der Waals surface area contributed by atoms with Gasteiger partial charge in [0.15, 0.2) is 0 Å². The SMILES string of the molecule is CN(C)S(=O)(=O)N1CCN(CCCC#N)CC1. The molecule has 1 fully saturated rings. The highest BCUT2D eigenvalue weighted by molar-refractivity contribution is 7.86. The maximum absolute atomic E-state index is 11.8. The zero-order chi connectivity index (χ0) is 12.9. The maximum Gasteiger partial charge on any atom is 0.281 e. The lowest BCUT2D eigenvalue weighted by molar-refractivity contribution is 0.183. The van der Waals surface area contributed by atoms with Crippen molar-refractivity contribution >= 4 is 10.2 Å². The summed E-state index contributed by atoms with van der Waals surface area (Å²) < 4.78 is 26.4. The number of nitriles is 1. The lowest BCUT2D eigenvalue weighted by Crippen LogP contribution is -2.51. The van der Waals surface area contributed by atoms with E-state index in [0.717, 1.165) is 26.1 Å². The summed E-state index contributed by atoms with van der Waals surface area (Å²) in [5.74, 6) is 0. The van der Waals surface area contributed by atoms with Crippen LogP contribution in [0, 0.1) is 11.3 Å². The summed E-state index contributed by atoms with van der Waals surface area (Å²) in [4.78, 5) is 2.21. The number of hydrogen-bond acceptors (Lipinski definition) is 4. The Balaban J connectivity index is 2.39. The van der Waals surface area contributed by atoms with Crippen LogP contribution in [0.4, 0.5) is 0 Å². The fraction of sp³-hybridized carbons (Fsp3) is 0.900. The number of piperazine rings is 1. The molecule has 0 bridgehead atoms. The largest absolute Gasteiger partial charge is 0.301 e. The minimum atomic E-state index is -3.26. The second-order valence-corrected chi connectivity index (χ2v) is 6.43. The summed E-state index contributed by atoms with van der Waals surface area (Å²) in [6.45, 7) is 3.44. The van der Waals surface area contributed by atoms with Crippen LogP contribution in [-0.4, -0.2) is 68.7 Å². The Labute approximate surface area is 104 Å². The predicted molar refractivity (Wildman–Crippen MR) is 65.5 cm³/mol. The van der Waals surface area contributed by atoms with Gasteiger partial charge in [0.05, 0.1) is 6.07 Å². The molecule has 98 valence electrons. The van der Waals surface area contributed by atoms with Gasteiger partial charge in [0, 0.05) is 46.7 Å². The number of nitrogens with zero attached hydrogens (tertiary/aromatic N) is 4. The third kappa shape index (κ3) is 3.92. The molecule has 1 aliphatic heterocycles. The molecule has 0 N–H and O–H groups in total. The van der Waals surface area contributed by atoms with Crippen LogP contribution in [-0.2, 0) is 10.2 Å². The second-order valence-electron chi connectivity index (χ2n) is 4.29. The fourth-order valence-electron chi connectivity index (χ4n) is 1.80. The van der Waals surface area contributed by atoms with Gasteiger partial charge in [0.1, 0.15) is 0 Å². The molecule has 0 aromatic heterocycles. The van der Waals surface area contributed by atoms with Gasteiger partial charge in [-0.05, 0) is 13.0 Å². The predicted octanol–water partition coefficient (Wildman–Crippen LogP) is -0.286. The summed E-state index contributed by atoms with van der Waals surface area (Å²) >= 11 is 0. The van der Waals surface area contributed by atoms with Gasteiger partial charge in [0.2, 0.25) is 0 Å². The molecule has 1 saturated heterocycles. The molecule has 0 spiro atoms. The molecule has 1 heterocycles. The molecule has 0 unspecified atom stereocenters. The molecule has 0 aliphatic carbocycles. The summed E-state index contributed by atoms with van der Waals surface area (Å²) in [5.41, 5.74) is 0.